The number of anilines is 1. The third-order valence-electron chi connectivity index (χ3n) is 4.01. The molecule has 2 heterocycles. The molecular formula is C18H18ClN5OS. The van der Waals surface area contributed by atoms with Crippen LogP contribution in [0.25, 0.3) is 11.0 Å². The maximum absolute atomic E-state index is 11.8. The van der Waals surface area contributed by atoms with Crippen LogP contribution in [0.3, 0.4) is 0 Å². The lowest BCUT2D eigenvalue weighted by molar-refractivity contribution is 0.679. The fraction of sp³-hybridized carbons (Fsp3) is 0.222. The molecule has 0 bridgehead atoms. The molecule has 8 heteroatoms. The van der Waals surface area contributed by atoms with Gasteiger partial charge in [-0.1, -0.05) is 29.7 Å². The normalized spacial score (nSPS) is 13.3. The van der Waals surface area contributed by atoms with Crippen molar-refractivity contribution in [2.24, 2.45) is 0 Å². The molecule has 3 rings (SSSR count). The van der Waals surface area contributed by atoms with E-state index in [1.54, 1.807) is 23.0 Å². The first-order valence-electron chi connectivity index (χ1n) is 7.79. The zero-order valence-electron chi connectivity index (χ0n) is 14.4. The largest absolute Gasteiger partial charge is 0.370 e. The minimum Gasteiger partial charge on any atom is -0.370 e. The van der Waals surface area contributed by atoms with Crippen molar-refractivity contribution in [2.45, 2.75) is 18.0 Å². The number of halogens is 1. The molecule has 26 heavy (non-hydrogen) atoms. The number of hydrogen-bond donors (Lipinski definition) is 1. The number of rotatable bonds is 5. The molecule has 1 unspecified atom stereocenters. The van der Waals surface area contributed by atoms with E-state index in [0.717, 1.165) is 16.6 Å². The van der Waals surface area contributed by atoms with Crippen molar-refractivity contribution < 1.29 is 4.21 Å². The molecule has 1 N–H and O–H groups in total. The van der Waals surface area contributed by atoms with Gasteiger partial charge in [0.25, 0.3) is 0 Å². The average Bonchev–Trinajstić information content (AvgIpc) is 2.91. The third kappa shape index (κ3) is 3.52. The molecule has 0 spiro atoms. The molecule has 0 aliphatic heterocycles. The first-order chi connectivity index (χ1) is 12.3. The molecule has 0 aliphatic carbocycles. The number of aromatic nitrogens is 3. The van der Waals surface area contributed by atoms with Crippen LogP contribution in [0.2, 0.25) is 5.15 Å². The number of hydrogen-bond acceptors (Lipinski definition) is 5. The lowest BCUT2D eigenvalue weighted by Gasteiger charge is -2.20. The summed E-state index contributed by atoms with van der Waals surface area (Å²) in [6.45, 7) is 0.910. The molecule has 0 radical (unpaired) electrons. The van der Waals surface area contributed by atoms with Crippen LogP contribution in [-0.2, 0) is 22.8 Å². The summed E-state index contributed by atoms with van der Waals surface area (Å²) in [5.41, 5.74) is 2.57. The summed E-state index contributed by atoms with van der Waals surface area (Å²) in [6.07, 6.45) is 8.49. The average molecular weight is 388 g/mol. The van der Waals surface area contributed by atoms with Gasteiger partial charge in [-0.25, -0.2) is 18.7 Å². The number of nitrogens with one attached hydrogen (secondary N) is 1. The second kappa shape index (κ2) is 6.98. The van der Waals surface area contributed by atoms with Gasteiger partial charge in [-0.15, -0.1) is 6.42 Å². The van der Waals surface area contributed by atoms with Crippen molar-refractivity contribution in [3.63, 3.8) is 0 Å². The van der Waals surface area contributed by atoms with Crippen molar-refractivity contribution in [2.75, 3.05) is 18.2 Å². The van der Waals surface area contributed by atoms with Gasteiger partial charge in [0.15, 0.2) is 10.8 Å². The third-order valence-corrected chi connectivity index (χ3v) is 5.45. The predicted molar refractivity (Wildman–Crippen MR) is 105 cm³/mol. The maximum Gasteiger partial charge on any atom is 0.162 e. The Kier molecular flexibility index (Phi) is 4.90. The Morgan fingerprint density at radius 1 is 1.35 bits per heavy atom. The number of benzene rings is 1. The van der Waals surface area contributed by atoms with E-state index < -0.39 is 9.73 Å². The summed E-state index contributed by atoms with van der Waals surface area (Å²) in [4.78, 5) is 6.91. The zero-order chi connectivity index (χ0) is 18.9. The SMILES string of the molecule is C#CCn1nc(Cl)c2c(N(C)Cc3ccc(S(C)(=N)=O)cc3)ccnc21. The van der Waals surface area contributed by atoms with E-state index in [1.165, 1.54) is 6.26 Å². The quantitative estimate of drug-likeness (QED) is 0.681. The highest BCUT2D eigenvalue weighted by molar-refractivity contribution is 7.91. The molecule has 2 aromatic heterocycles. The summed E-state index contributed by atoms with van der Waals surface area (Å²) < 4.78 is 21.0. The highest BCUT2D eigenvalue weighted by Gasteiger charge is 2.16. The van der Waals surface area contributed by atoms with E-state index in [9.17, 15) is 4.21 Å². The van der Waals surface area contributed by atoms with Crippen LogP contribution in [0.5, 0.6) is 0 Å². The second-order valence-electron chi connectivity index (χ2n) is 6.02. The van der Waals surface area contributed by atoms with Gasteiger partial charge in [0.05, 0.1) is 20.8 Å². The molecule has 0 amide bonds. The molecule has 1 aromatic carbocycles. The monoisotopic (exact) mass is 387 g/mol. The number of terminal acetylenes is 1. The fourth-order valence-electron chi connectivity index (χ4n) is 2.77. The Bertz CT molecular complexity index is 1100. The van der Waals surface area contributed by atoms with E-state index in [1.807, 2.05) is 30.1 Å². The van der Waals surface area contributed by atoms with Crippen molar-refractivity contribution >= 4 is 38.1 Å². The van der Waals surface area contributed by atoms with Gasteiger partial charge in [-0.3, -0.25) is 0 Å². The number of fused-ring (bicyclic) bond motifs is 1. The summed E-state index contributed by atoms with van der Waals surface area (Å²) in [5, 5.41) is 5.38. The van der Waals surface area contributed by atoms with Gasteiger partial charge in [-0.05, 0) is 23.8 Å². The molecule has 0 fully saturated rings. The highest BCUT2D eigenvalue weighted by Crippen LogP contribution is 2.31. The zero-order valence-corrected chi connectivity index (χ0v) is 16.0. The van der Waals surface area contributed by atoms with Crippen molar-refractivity contribution in [3.05, 3.63) is 47.2 Å². The smallest absolute Gasteiger partial charge is 0.162 e. The van der Waals surface area contributed by atoms with Crippen molar-refractivity contribution in [1.82, 2.24) is 14.8 Å². The van der Waals surface area contributed by atoms with Crippen molar-refractivity contribution in [1.29, 1.82) is 4.78 Å². The first kappa shape index (κ1) is 18.2. The van der Waals surface area contributed by atoms with Crippen LogP contribution in [0.4, 0.5) is 5.69 Å². The maximum atomic E-state index is 11.8. The minimum atomic E-state index is -2.70. The van der Waals surface area contributed by atoms with Crippen molar-refractivity contribution in [3.8, 4) is 12.3 Å². The first-order valence-corrected chi connectivity index (χ1v) is 10.1. The highest BCUT2D eigenvalue weighted by atomic mass is 35.5. The molecule has 0 saturated carbocycles. The molecule has 0 saturated heterocycles. The Balaban J connectivity index is 1.93. The van der Waals surface area contributed by atoms with Crippen LogP contribution >= 0.6 is 11.6 Å². The number of nitrogens with zero attached hydrogens (tertiary/aromatic N) is 4. The molecule has 134 valence electrons. The lowest BCUT2D eigenvalue weighted by Crippen LogP contribution is -2.17. The fourth-order valence-corrected chi connectivity index (χ4v) is 3.69. The van der Waals surface area contributed by atoms with Crippen LogP contribution in [0.1, 0.15) is 5.56 Å². The summed E-state index contributed by atoms with van der Waals surface area (Å²) in [5.74, 6) is 2.54. The van der Waals surface area contributed by atoms with Gasteiger partial charge in [0.1, 0.15) is 6.54 Å². The summed E-state index contributed by atoms with van der Waals surface area (Å²) in [6, 6.07) is 9.11. The second-order valence-corrected chi connectivity index (χ2v) is 8.54. The Morgan fingerprint density at radius 2 is 2.04 bits per heavy atom. The molecule has 6 nitrogen and oxygen atoms in total. The topological polar surface area (TPSA) is 74.9 Å². The predicted octanol–water partition coefficient (Wildman–Crippen LogP) is 3.39. The molecule has 1 atom stereocenters. The van der Waals surface area contributed by atoms with Crippen LogP contribution < -0.4 is 4.90 Å². The van der Waals surface area contributed by atoms with Gasteiger partial charge < -0.3 is 4.90 Å². The Hall–Kier alpha value is -2.56. The molecule has 3 aromatic rings. The van der Waals surface area contributed by atoms with Gasteiger partial charge >= 0.3 is 0 Å². The lowest BCUT2D eigenvalue weighted by atomic mass is 10.2. The van der Waals surface area contributed by atoms with Crippen LogP contribution in [0, 0.1) is 17.1 Å². The Labute approximate surface area is 157 Å². The van der Waals surface area contributed by atoms with Crippen LogP contribution in [0.15, 0.2) is 41.4 Å². The molecular weight excluding hydrogens is 370 g/mol. The summed E-state index contributed by atoms with van der Waals surface area (Å²) >= 11 is 6.32. The summed E-state index contributed by atoms with van der Waals surface area (Å²) in [7, 11) is -0.754. The Morgan fingerprint density at radius 3 is 2.65 bits per heavy atom. The van der Waals surface area contributed by atoms with E-state index >= 15 is 0 Å². The van der Waals surface area contributed by atoms with Gasteiger partial charge in [0, 0.05) is 30.9 Å². The van der Waals surface area contributed by atoms with E-state index in [4.69, 9.17) is 22.8 Å². The van der Waals surface area contributed by atoms with Gasteiger partial charge in [-0.2, -0.15) is 5.10 Å². The van der Waals surface area contributed by atoms with E-state index in [-0.39, 0.29) is 0 Å². The molecule has 0 aliphatic rings. The van der Waals surface area contributed by atoms with Gasteiger partial charge in [0.2, 0.25) is 0 Å². The van der Waals surface area contributed by atoms with E-state index in [0.29, 0.717) is 28.8 Å². The minimum absolute atomic E-state index is 0.300. The standard InChI is InChI=1S/C18H18ClN5OS/c1-4-11-24-18-16(17(19)22-24)15(9-10-21-18)23(2)12-13-5-7-14(8-6-13)26(3,20)25/h1,5-10,20H,11-12H2,2-3H3. The number of pyridine rings is 1. The van der Waals surface area contributed by atoms with E-state index in [2.05, 4.69) is 16.0 Å². The van der Waals surface area contributed by atoms with Crippen LogP contribution in [-0.4, -0.2) is 32.3 Å².